The summed E-state index contributed by atoms with van der Waals surface area (Å²) in [6.45, 7) is 4.03. The number of hydrogen-bond acceptors (Lipinski definition) is 3. The maximum atomic E-state index is 11.8. The van der Waals surface area contributed by atoms with Crippen molar-refractivity contribution in [2.24, 2.45) is 0 Å². The SMILES string of the molecule is Cc1ccc(Cl)cc1NC(=O)CN(C)C(C)CO. The number of nitrogens with zero attached hydrogens (tertiary/aromatic N) is 1. The molecule has 0 heterocycles. The van der Waals surface area contributed by atoms with E-state index >= 15 is 0 Å². The summed E-state index contributed by atoms with van der Waals surface area (Å²) >= 11 is 5.88. The van der Waals surface area contributed by atoms with Crippen LogP contribution in [0.4, 0.5) is 5.69 Å². The molecule has 0 saturated carbocycles. The number of nitrogens with one attached hydrogen (secondary N) is 1. The number of benzene rings is 1. The van der Waals surface area contributed by atoms with Crippen LogP contribution in [0.15, 0.2) is 18.2 Å². The number of aliphatic hydroxyl groups is 1. The maximum Gasteiger partial charge on any atom is 0.238 e. The zero-order valence-corrected chi connectivity index (χ0v) is 11.7. The molecule has 18 heavy (non-hydrogen) atoms. The van der Waals surface area contributed by atoms with Crippen LogP contribution in [0.1, 0.15) is 12.5 Å². The Morgan fingerprint density at radius 2 is 2.22 bits per heavy atom. The molecule has 0 aromatic heterocycles. The number of halogens is 1. The number of rotatable bonds is 5. The van der Waals surface area contributed by atoms with Crippen molar-refractivity contribution >= 4 is 23.2 Å². The Bertz CT molecular complexity index is 423. The largest absolute Gasteiger partial charge is 0.395 e. The van der Waals surface area contributed by atoms with Crippen molar-refractivity contribution in [3.05, 3.63) is 28.8 Å². The van der Waals surface area contributed by atoms with Gasteiger partial charge in [-0.25, -0.2) is 0 Å². The van der Waals surface area contributed by atoms with Gasteiger partial charge in [-0.3, -0.25) is 9.69 Å². The summed E-state index contributed by atoms with van der Waals surface area (Å²) in [6, 6.07) is 5.32. The van der Waals surface area contributed by atoms with Crippen LogP contribution in [0.25, 0.3) is 0 Å². The normalized spacial score (nSPS) is 12.6. The average Bonchev–Trinajstić information content (AvgIpc) is 2.32. The minimum absolute atomic E-state index is 0.0278. The number of likely N-dealkylation sites (N-methyl/N-ethyl adjacent to an activating group) is 1. The molecule has 4 nitrogen and oxygen atoms in total. The van der Waals surface area contributed by atoms with E-state index in [2.05, 4.69) is 5.32 Å². The fraction of sp³-hybridized carbons (Fsp3) is 0.462. The Morgan fingerprint density at radius 1 is 1.56 bits per heavy atom. The molecule has 1 atom stereocenters. The summed E-state index contributed by atoms with van der Waals surface area (Å²) in [7, 11) is 1.80. The van der Waals surface area contributed by atoms with Gasteiger partial charge in [-0.1, -0.05) is 17.7 Å². The first-order chi connectivity index (χ1) is 8.43. The van der Waals surface area contributed by atoms with Crippen LogP contribution in [0, 0.1) is 6.92 Å². The number of aliphatic hydroxyl groups excluding tert-OH is 1. The molecular formula is C13H19ClN2O2. The van der Waals surface area contributed by atoms with Crippen molar-refractivity contribution < 1.29 is 9.90 Å². The Kier molecular flexibility index (Phi) is 5.59. The predicted octanol–water partition coefficient (Wildman–Crippen LogP) is 1.90. The number of hydrogen-bond donors (Lipinski definition) is 2. The first kappa shape index (κ1) is 15.0. The summed E-state index contributed by atoms with van der Waals surface area (Å²) in [5.74, 6) is -0.122. The molecule has 0 aliphatic heterocycles. The van der Waals surface area contributed by atoms with Gasteiger partial charge in [0.25, 0.3) is 0 Å². The summed E-state index contributed by atoms with van der Waals surface area (Å²) in [4.78, 5) is 13.6. The molecule has 0 bridgehead atoms. The third-order valence-electron chi connectivity index (χ3n) is 2.88. The third-order valence-corrected chi connectivity index (χ3v) is 3.12. The lowest BCUT2D eigenvalue weighted by molar-refractivity contribution is -0.117. The number of amides is 1. The number of aryl methyl sites for hydroxylation is 1. The average molecular weight is 271 g/mol. The van der Waals surface area contributed by atoms with Gasteiger partial charge in [-0.05, 0) is 38.6 Å². The Labute approximate surface area is 113 Å². The van der Waals surface area contributed by atoms with E-state index in [1.165, 1.54) is 0 Å². The number of anilines is 1. The van der Waals surface area contributed by atoms with Crippen LogP contribution in [-0.4, -0.2) is 42.2 Å². The summed E-state index contributed by atoms with van der Waals surface area (Å²) in [5, 5.41) is 12.4. The van der Waals surface area contributed by atoms with Gasteiger partial charge in [-0.15, -0.1) is 0 Å². The van der Waals surface area contributed by atoms with Crippen molar-refractivity contribution in [3.63, 3.8) is 0 Å². The van der Waals surface area contributed by atoms with Crippen molar-refractivity contribution in [2.45, 2.75) is 19.9 Å². The second-order valence-corrected chi connectivity index (χ2v) is 4.89. The highest BCUT2D eigenvalue weighted by atomic mass is 35.5. The molecule has 1 aromatic rings. The van der Waals surface area contributed by atoms with Crippen LogP contribution in [0.3, 0.4) is 0 Å². The van der Waals surface area contributed by atoms with Crippen molar-refractivity contribution in [3.8, 4) is 0 Å². The standard InChI is InChI=1S/C13H19ClN2O2/c1-9-4-5-11(14)6-12(9)15-13(18)7-16(3)10(2)8-17/h4-6,10,17H,7-8H2,1-3H3,(H,15,18). The van der Waals surface area contributed by atoms with Crippen LogP contribution in [-0.2, 0) is 4.79 Å². The lowest BCUT2D eigenvalue weighted by Gasteiger charge is -2.22. The fourth-order valence-corrected chi connectivity index (χ4v) is 1.61. The van der Waals surface area contributed by atoms with Gasteiger partial charge in [0.05, 0.1) is 13.2 Å². The van der Waals surface area contributed by atoms with Gasteiger partial charge >= 0.3 is 0 Å². The molecular weight excluding hydrogens is 252 g/mol. The molecule has 0 spiro atoms. The Morgan fingerprint density at radius 3 is 2.83 bits per heavy atom. The molecule has 2 N–H and O–H groups in total. The summed E-state index contributed by atoms with van der Waals surface area (Å²) in [5.41, 5.74) is 1.68. The van der Waals surface area contributed by atoms with Crippen LogP contribution in [0.5, 0.6) is 0 Å². The molecule has 0 aliphatic carbocycles. The fourth-order valence-electron chi connectivity index (χ4n) is 1.44. The van der Waals surface area contributed by atoms with Gasteiger partial charge in [0.1, 0.15) is 0 Å². The van der Waals surface area contributed by atoms with Gasteiger partial charge in [0, 0.05) is 16.8 Å². The van der Waals surface area contributed by atoms with Crippen LogP contribution < -0.4 is 5.32 Å². The van der Waals surface area contributed by atoms with E-state index in [4.69, 9.17) is 16.7 Å². The highest BCUT2D eigenvalue weighted by Crippen LogP contribution is 2.20. The van der Waals surface area contributed by atoms with E-state index in [0.717, 1.165) is 11.3 Å². The molecule has 0 fully saturated rings. The van der Waals surface area contributed by atoms with Crippen molar-refractivity contribution in [1.29, 1.82) is 0 Å². The van der Waals surface area contributed by atoms with Gasteiger partial charge in [0.2, 0.25) is 5.91 Å². The van der Waals surface area contributed by atoms with Crippen LogP contribution >= 0.6 is 11.6 Å². The first-order valence-corrected chi connectivity index (χ1v) is 6.19. The van der Waals surface area contributed by atoms with E-state index in [1.54, 1.807) is 24.1 Å². The minimum Gasteiger partial charge on any atom is -0.395 e. The lowest BCUT2D eigenvalue weighted by Crippen LogP contribution is -2.38. The van der Waals surface area contributed by atoms with E-state index in [1.807, 2.05) is 19.9 Å². The van der Waals surface area contributed by atoms with Gasteiger partial charge in [-0.2, -0.15) is 0 Å². The van der Waals surface area contributed by atoms with Crippen LogP contribution in [0.2, 0.25) is 5.02 Å². The molecule has 0 radical (unpaired) electrons. The topological polar surface area (TPSA) is 52.6 Å². The highest BCUT2D eigenvalue weighted by Gasteiger charge is 2.13. The van der Waals surface area contributed by atoms with E-state index in [0.29, 0.717) is 5.02 Å². The molecule has 1 amide bonds. The first-order valence-electron chi connectivity index (χ1n) is 5.81. The predicted molar refractivity (Wildman–Crippen MR) is 74.0 cm³/mol. The molecule has 100 valence electrons. The smallest absolute Gasteiger partial charge is 0.238 e. The van der Waals surface area contributed by atoms with Gasteiger partial charge in [0.15, 0.2) is 0 Å². The quantitative estimate of drug-likeness (QED) is 0.859. The molecule has 1 unspecified atom stereocenters. The van der Waals surface area contributed by atoms with E-state index in [-0.39, 0.29) is 25.1 Å². The summed E-state index contributed by atoms with van der Waals surface area (Å²) < 4.78 is 0. The van der Waals surface area contributed by atoms with Gasteiger partial charge < -0.3 is 10.4 Å². The molecule has 1 rings (SSSR count). The van der Waals surface area contributed by atoms with E-state index in [9.17, 15) is 4.79 Å². The second kappa shape index (κ2) is 6.73. The second-order valence-electron chi connectivity index (χ2n) is 4.45. The monoisotopic (exact) mass is 270 g/mol. The number of carbonyl (C=O) groups excluding carboxylic acids is 1. The molecule has 0 saturated heterocycles. The molecule has 0 aliphatic rings. The van der Waals surface area contributed by atoms with Crippen molar-refractivity contribution in [2.75, 3.05) is 25.5 Å². The highest BCUT2D eigenvalue weighted by molar-refractivity contribution is 6.31. The number of carbonyl (C=O) groups is 1. The Balaban J connectivity index is 2.62. The zero-order valence-electron chi connectivity index (χ0n) is 10.9. The lowest BCUT2D eigenvalue weighted by atomic mass is 10.2. The zero-order chi connectivity index (χ0) is 13.7. The maximum absolute atomic E-state index is 11.8. The summed E-state index contributed by atoms with van der Waals surface area (Å²) in [6.07, 6.45) is 0. The molecule has 1 aromatic carbocycles. The van der Waals surface area contributed by atoms with Crippen molar-refractivity contribution in [1.82, 2.24) is 4.90 Å². The van der Waals surface area contributed by atoms with E-state index < -0.39 is 0 Å². The third kappa shape index (κ3) is 4.29. The Hall–Kier alpha value is -1.10. The molecule has 5 heteroatoms. The minimum atomic E-state index is -0.122.